The number of nitrogens with one attached hydrogen (secondary N) is 1. The van der Waals surface area contributed by atoms with Gasteiger partial charge in [0.15, 0.2) is 0 Å². The van der Waals surface area contributed by atoms with Gasteiger partial charge in [-0.1, -0.05) is 0 Å². The van der Waals surface area contributed by atoms with E-state index in [0.29, 0.717) is 30.8 Å². The van der Waals surface area contributed by atoms with E-state index in [1.165, 1.54) is 4.31 Å². The zero-order chi connectivity index (χ0) is 16.4. The third-order valence-electron chi connectivity index (χ3n) is 4.41. The number of hydrogen-bond donors (Lipinski definition) is 1. The van der Waals surface area contributed by atoms with Gasteiger partial charge in [0.2, 0.25) is 10.0 Å². The highest BCUT2D eigenvalue weighted by Crippen LogP contribution is 2.31. The molecule has 3 rings (SSSR count). The minimum Gasteiger partial charge on any atom is -0.376 e. The van der Waals surface area contributed by atoms with Gasteiger partial charge < -0.3 is 10.1 Å². The lowest BCUT2D eigenvalue weighted by molar-refractivity contribution is 0.0857. The molecule has 1 fully saturated rings. The summed E-state index contributed by atoms with van der Waals surface area (Å²) < 4.78 is 31.1. The van der Waals surface area contributed by atoms with Crippen molar-refractivity contribution in [3.8, 4) is 0 Å². The highest BCUT2D eigenvalue weighted by atomic mass is 32.2. The second-order valence-electron chi connectivity index (χ2n) is 5.91. The van der Waals surface area contributed by atoms with Crippen molar-refractivity contribution < 1.29 is 17.9 Å². The fourth-order valence-corrected chi connectivity index (χ4v) is 4.23. The molecule has 0 aromatic heterocycles. The molecule has 0 radical (unpaired) electrons. The molecule has 0 saturated carbocycles. The van der Waals surface area contributed by atoms with Crippen LogP contribution in [0.1, 0.15) is 35.7 Å². The minimum atomic E-state index is -3.25. The Balaban J connectivity index is 1.70. The lowest BCUT2D eigenvalue weighted by Crippen LogP contribution is -2.32. The molecule has 2 aliphatic heterocycles. The highest BCUT2D eigenvalue weighted by molar-refractivity contribution is 7.92. The van der Waals surface area contributed by atoms with Crippen molar-refractivity contribution in [1.29, 1.82) is 0 Å². The third kappa shape index (κ3) is 3.35. The van der Waals surface area contributed by atoms with Gasteiger partial charge in [-0.25, -0.2) is 8.42 Å². The SMILES string of the molecule is CCS(=O)(=O)N1CCc2cc(C(=O)NCC3CCCO3)ccc21. The molecule has 1 unspecified atom stereocenters. The maximum absolute atomic E-state index is 12.2. The van der Waals surface area contributed by atoms with Crippen LogP contribution in [0.15, 0.2) is 18.2 Å². The Kier molecular flexibility index (Phi) is 4.59. The van der Waals surface area contributed by atoms with Gasteiger partial charge in [0.05, 0.1) is 17.5 Å². The number of rotatable bonds is 5. The smallest absolute Gasteiger partial charge is 0.251 e. The Labute approximate surface area is 136 Å². The van der Waals surface area contributed by atoms with Crippen molar-refractivity contribution in [3.63, 3.8) is 0 Å². The molecule has 1 aromatic rings. The van der Waals surface area contributed by atoms with Gasteiger partial charge in [0, 0.05) is 25.3 Å². The number of carbonyl (C=O) groups excluding carboxylic acids is 1. The molecule has 1 saturated heterocycles. The molecule has 0 aliphatic carbocycles. The first-order valence-corrected chi connectivity index (χ1v) is 9.65. The molecular formula is C16H22N2O4S. The van der Waals surface area contributed by atoms with Crippen molar-refractivity contribution in [1.82, 2.24) is 5.32 Å². The third-order valence-corrected chi connectivity index (χ3v) is 6.19. The monoisotopic (exact) mass is 338 g/mol. The van der Waals surface area contributed by atoms with Crippen LogP contribution in [-0.4, -0.2) is 45.9 Å². The van der Waals surface area contributed by atoms with Crippen LogP contribution >= 0.6 is 0 Å². The van der Waals surface area contributed by atoms with Gasteiger partial charge in [-0.15, -0.1) is 0 Å². The van der Waals surface area contributed by atoms with Crippen LogP contribution in [0.3, 0.4) is 0 Å². The number of carbonyl (C=O) groups is 1. The molecule has 126 valence electrons. The lowest BCUT2D eigenvalue weighted by Gasteiger charge is -2.18. The molecule has 0 spiro atoms. The van der Waals surface area contributed by atoms with Crippen LogP contribution in [0.5, 0.6) is 0 Å². The highest BCUT2D eigenvalue weighted by Gasteiger charge is 2.28. The van der Waals surface area contributed by atoms with E-state index in [0.717, 1.165) is 25.0 Å². The second-order valence-corrected chi connectivity index (χ2v) is 8.09. The predicted molar refractivity (Wildman–Crippen MR) is 88.3 cm³/mol. The molecule has 2 heterocycles. The Morgan fingerprint density at radius 3 is 2.96 bits per heavy atom. The number of ether oxygens (including phenoxy) is 1. The minimum absolute atomic E-state index is 0.0794. The van der Waals surface area contributed by atoms with E-state index in [1.54, 1.807) is 25.1 Å². The van der Waals surface area contributed by atoms with E-state index in [2.05, 4.69) is 5.32 Å². The van der Waals surface area contributed by atoms with Crippen LogP contribution in [0.2, 0.25) is 0 Å². The zero-order valence-corrected chi connectivity index (χ0v) is 14.1. The Bertz CT molecular complexity index is 696. The molecule has 1 aromatic carbocycles. The Morgan fingerprint density at radius 1 is 1.43 bits per heavy atom. The van der Waals surface area contributed by atoms with E-state index in [9.17, 15) is 13.2 Å². The molecule has 6 nitrogen and oxygen atoms in total. The van der Waals surface area contributed by atoms with E-state index in [-0.39, 0.29) is 17.8 Å². The molecule has 1 atom stereocenters. The van der Waals surface area contributed by atoms with Crippen molar-refractivity contribution in [3.05, 3.63) is 29.3 Å². The number of fused-ring (bicyclic) bond motifs is 1. The average Bonchev–Trinajstić information content (AvgIpc) is 3.21. The average molecular weight is 338 g/mol. The summed E-state index contributed by atoms with van der Waals surface area (Å²) in [6.07, 6.45) is 2.77. The fourth-order valence-electron chi connectivity index (χ4n) is 3.07. The number of sulfonamides is 1. The summed E-state index contributed by atoms with van der Waals surface area (Å²) in [7, 11) is -3.25. The first kappa shape index (κ1) is 16.3. The van der Waals surface area contributed by atoms with E-state index in [1.807, 2.05) is 0 Å². The van der Waals surface area contributed by atoms with E-state index >= 15 is 0 Å². The van der Waals surface area contributed by atoms with Crippen molar-refractivity contribution >= 4 is 21.6 Å². The topological polar surface area (TPSA) is 75.7 Å². The quantitative estimate of drug-likeness (QED) is 0.878. The van der Waals surface area contributed by atoms with Gasteiger partial charge in [-0.05, 0) is 49.9 Å². The normalized spacial score (nSPS) is 20.6. The summed E-state index contributed by atoms with van der Waals surface area (Å²) >= 11 is 0. The van der Waals surface area contributed by atoms with Crippen molar-refractivity contribution in [2.45, 2.75) is 32.3 Å². The summed E-state index contributed by atoms with van der Waals surface area (Å²) in [5.74, 6) is -0.0594. The number of anilines is 1. The Morgan fingerprint density at radius 2 is 2.26 bits per heavy atom. The molecule has 1 amide bonds. The number of hydrogen-bond acceptors (Lipinski definition) is 4. The van der Waals surface area contributed by atoms with Gasteiger partial charge in [0.1, 0.15) is 0 Å². The van der Waals surface area contributed by atoms with Crippen LogP contribution in [0, 0.1) is 0 Å². The van der Waals surface area contributed by atoms with Crippen molar-refractivity contribution in [2.24, 2.45) is 0 Å². The van der Waals surface area contributed by atoms with Gasteiger partial charge in [-0.3, -0.25) is 9.10 Å². The fraction of sp³-hybridized carbons (Fsp3) is 0.562. The zero-order valence-electron chi connectivity index (χ0n) is 13.2. The van der Waals surface area contributed by atoms with Gasteiger partial charge in [-0.2, -0.15) is 0 Å². The predicted octanol–water partition coefficient (Wildman–Crippen LogP) is 1.31. The standard InChI is InChI=1S/C16H22N2O4S/c1-2-23(20,21)18-8-7-12-10-13(5-6-15(12)18)16(19)17-11-14-4-3-9-22-14/h5-6,10,14H,2-4,7-9,11H2,1H3,(H,17,19). The molecule has 7 heteroatoms. The van der Waals surface area contributed by atoms with Crippen LogP contribution in [-0.2, 0) is 21.2 Å². The maximum atomic E-state index is 12.2. The molecular weight excluding hydrogens is 316 g/mol. The lowest BCUT2D eigenvalue weighted by atomic mass is 10.1. The van der Waals surface area contributed by atoms with Crippen LogP contribution in [0.4, 0.5) is 5.69 Å². The first-order valence-electron chi connectivity index (χ1n) is 8.04. The summed E-state index contributed by atoms with van der Waals surface area (Å²) in [6, 6.07) is 5.22. The summed E-state index contributed by atoms with van der Waals surface area (Å²) in [6.45, 7) is 3.38. The summed E-state index contributed by atoms with van der Waals surface area (Å²) in [5, 5.41) is 2.89. The Hall–Kier alpha value is -1.60. The number of benzene rings is 1. The molecule has 23 heavy (non-hydrogen) atoms. The van der Waals surface area contributed by atoms with Gasteiger partial charge in [0.25, 0.3) is 5.91 Å². The van der Waals surface area contributed by atoms with Crippen LogP contribution < -0.4 is 9.62 Å². The number of nitrogens with zero attached hydrogens (tertiary/aromatic N) is 1. The second kappa shape index (κ2) is 6.49. The molecule has 1 N–H and O–H groups in total. The first-order chi connectivity index (χ1) is 11.0. The van der Waals surface area contributed by atoms with E-state index in [4.69, 9.17) is 4.74 Å². The largest absolute Gasteiger partial charge is 0.376 e. The maximum Gasteiger partial charge on any atom is 0.251 e. The van der Waals surface area contributed by atoms with E-state index < -0.39 is 10.0 Å². The van der Waals surface area contributed by atoms with Gasteiger partial charge >= 0.3 is 0 Å². The van der Waals surface area contributed by atoms with Crippen molar-refractivity contribution in [2.75, 3.05) is 29.8 Å². The van der Waals surface area contributed by atoms with Crippen LogP contribution in [0.25, 0.3) is 0 Å². The molecule has 2 aliphatic rings. The summed E-state index contributed by atoms with van der Waals surface area (Å²) in [4.78, 5) is 12.2. The molecule has 0 bridgehead atoms. The summed E-state index contributed by atoms with van der Waals surface area (Å²) in [5.41, 5.74) is 2.17. The number of amides is 1.